The molecule has 2 aromatic carbocycles. The van der Waals surface area contributed by atoms with Crippen LogP contribution in [0.3, 0.4) is 0 Å². The third kappa shape index (κ3) is 4.22. The second-order valence-corrected chi connectivity index (χ2v) is 4.94. The smallest absolute Gasteiger partial charge is 0.261 e. The highest BCUT2D eigenvalue weighted by molar-refractivity contribution is 5.81. The summed E-state index contributed by atoms with van der Waals surface area (Å²) in [6.45, 7) is 5.96. The molecule has 3 nitrogen and oxygen atoms in total. The average Bonchev–Trinajstić information content (AvgIpc) is 2.59. The zero-order valence-electron chi connectivity index (χ0n) is 12.8. The summed E-state index contributed by atoms with van der Waals surface area (Å²) in [4.78, 5) is 11.9. The largest absolute Gasteiger partial charge is 0.481 e. The van der Waals surface area contributed by atoms with Gasteiger partial charge in [-0.15, -0.1) is 6.58 Å². The zero-order chi connectivity index (χ0) is 15.8. The molecular weight excluding hydrogens is 274 g/mol. The van der Waals surface area contributed by atoms with E-state index in [-0.39, 0.29) is 5.91 Å². The van der Waals surface area contributed by atoms with Crippen LogP contribution in [-0.2, 0) is 4.79 Å². The summed E-state index contributed by atoms with van der Waals surface area (Å²) in [6, 6.07) is 17.9. The summed E-state index contributed by atoms with van der Waals surface area (Å²) >= 11 is 0. The van der Waals surface area contributed by atoms with E-state index in [1.54, 1.807) is 6.08 Å². The summed E-state index contributed by atoms with van der Waals surface area (Å²) in [6.07, 6.45) is 1.78. The molecule has 1 N–H and O–H groups in total. The lowest BCUT2D eigenvalue weighted by atomic mass is 10.1. The highest BCUT2D eigenvalue weighted by Crippen LogP contribution is 2.22. The average molecular weight is 295 g/mol. The standard InChI is InChI=1S/C19H21NO2/c1-3-14-20-19(21)18(4-2)22-17-12-10-16(11-13-17)15-8-6-5-7-9-15/h3,5-13,18H,1,4,14H2,2H3,(H,20,21)/t18-/m1/s1. The van der Waals surface area contributed by atoms with Gasteiger partial charge in [0.1, 0.15) is 5.75 Å². The first-order valence-corrected chi connectivity index (χ1v) is 7.45. The molecule has 0 heterocycles. The fourth-order valence-electron chi connectivity index (χ4n) is 2.13. The van der Waals surface area contributed by atoms with Crippen molar-refractivity contribution in [3.05, 3.63) is 67.3 Å². The van der Waals surface area contributed by atoms with Gasteiger partial charge in [-0.1, -0.05) is 55.5 Å². The molecule has 0 aliphatic carbocycles. The molecule has 2 aromatic rings. The van der Waals surface area contributed by atoms with Crippen molar-refractivity contribution in [3.63, 3.8) is 0 Å². The van der Waals surface area contributed by atoms with Crippen LogP contribution in [0, 0.1) is 0 Å². The van der Waals surface area contributed by atoms with E-state index in [4.69, 9.17) is 4.74 Å². The SMILES string of the molecule is C=CCNC(=O)[C@@H](CC)Oc1ccc(-c2ccccc2)cc1. The van der Waals surface area contributed by atoms with E-state index in [1.807, 2.05) is 49.4 Å². The third-order valence-electron chi connectivity index (χ3n) is 3.32. The van der Waals surface area contributed by atoms with E-state index in [0.717, 1.165) is 11.1 Å². The maximum atomic E-state index is 11.9. The Morgan fingerprint density at radius 2 is 1.77 bits per heavy atom. The van der Waals surface area contributed by atoms with Gasteiger partial charge in [-0.05, 0) is 29.7 Å². The quantitative estimate of drug-likeness (QED) is 0.789. The first-order chi connectivity index (χ1) is 10.7. The molecule has 3 heteroatoms. The minimum atomic E-state index is -0.484. The summed E-state index contributed by atoms with van der Waals surface area (Å²) in [7, 11) is 0. The van der Waals surface area contributed by atoms with Crippen molar-refractivity contribution in [2.75, 3.05) is 6.54 Å². The Kier molecular flexibility index (Phi) is 5.78. The molecule has 0 aliphatic heterocycles. The number of hydrogen-bond donors (Lipinski definition) is 1. The maximum Gasteiger partial charge on any atom is 0.261 e. The molecule has 0 saturated carbocycles. The lowest BCUT2D eigenvalue weighted by molar-refractivity contribution is -0.127. The monoisotopic (exact) mass is 295 g/mol. The first kappa shape index (κ1) is 15.8. The maximum absolute atomic E-state index is 11.9. The van der Waals surface area contributed by atoms with Crippen molar-refractivity contribution >= 4 is 5.91 Å². The number of ether oxygens (including phenoxy) is 1. The Balaban J connectivity index is 2.03. The van der Waals surface area contributed by atoms with Crippen molar-refractivity contribution in [1.82, 2.24) is 5.32 Å². The highest BCUT2D eigenvalue weighted by Gasteiger charge is 2.17. The van der Waals surface area contributed by atoms with Gasteiger partial charge in [0.15, 0.2) is 6.10 Å². The Bertz CT molecular complexity index is 605. The molecule has 114 valence electrons. The number of nitrogens with one attached hydrogen (secondary N) is 1. The molecule has 22 heavy (non-hydrogen) atoms. The van der Waals surface area contributed by atoms with Crippen LogP contribution in [-0.4, -0.2) is 18.6 Å². The van der Waals surface area contributed by atoms with Crippen molar-refractivity contribution in [3.8, 4) is 16.9 Å². The molecule has 1 atom stereocenters. The van der Waals surface area contributed by atoms with Crippen LogP contribution in [0.1, 0.15) is 13.3 Å². The van der Waals surface area contributed by atoms with E-state index in [1.165, 1.54) is 0 Å². The van der Waals surface area contributed by atoms with Crippen molar-refractivity contribution in [2.45, 2.75) is 19.4 Å². The second-order valence-electron chi connectivity index (χ2n) is 4.94. The molecule has 0 bridgehead atoms. The number of carbonyl (C=O) groups excluding carboxylic acids is 1. The van der Waals surface area contributed by atoms with E-state index in [2.05, 4.69) is 24.0 Å². The summed E-state index contributed by atoms with van der Waals surface area (Å²) in [5, 5.41) is 2.76. The zero-order valence-corrected chi connectivity index (χ0v) is 12.8. The van der Waals surface area contributed by atoms with Gasteiger partial charge in [0, 0.05) is 6.54 Å². The Morgan fingerprint density at radius 3 is 2.36 bits per heavy atom. The van der Waals surface area contributed by atoms with E-state index in [9.17, 15) is 4.79 Å². The fraction of sp³-hybridized carbons (Fsp3) is 0.211. The molecule has 0 saturated heterocycles. The van der Waals surface area contributed by atoms with Crippen LogP contribution in [0.5, 0.6) is 5.75 Å². The second kappa shape index (κ2) is 8.03. The summed E-state index contributed by atoms with van der Waals surface area (Å²) < 4.78 is 5.77. The van der Waals surface area contributed by atoms with Gasteiger partial charge < -0.3 is 10.1 Å². The molecule has 0 spiro atoms. The van der Waals surface area contributed by atoms with Gasteiger partial charge in [-0.2, -0.15) is 0 Å². The minimum Gasteiger partial charge on any atom is -0.481 e. The minimum absolute atomic E-state index is 0.116. The van der Waals surface area contributed by atoms with Crippen LogP contribution in [0.4, 0.5) is 0 Å². The van der Waals surface area contributed by atoms with Crippen LogP contribution < -0.4 is 10.1 Å². The van der Waals surface area contributed by atoms with Gasteiger partial charge >= 0.3 is 0 Å². The van der Waals surface area contributed by atoms with Crippen molar-refractivity contribution in [2.24, 2.45) is 0 Å². The Morgan fingerprint density at radius 1 is 1.14 bits per heavy atom. The lowest BCUT2D eigenvalue weighted by Gasteiger charge is -2.17. The molecular formula is C19H21NO2. The Hall–Kier alpha value is -2.55. The number of benzene rings is 2. The number of amides is 1. The van der Waals surface area contributed by atoms with Crippen LogP contribution >= 0.6 is 0 Å². The predicted octanol–water partition coefficient (Wildman–Crippen LogP) is 3.81. The number of carbonyl (C=O) groups is 1. The van der Waals surface area contributed by atoms with Gasteiger partial charge in [0.2, 0.25) is 0 Å². The molecule has 1 amide bonds. The topological polar surface area (TPSA) is 38.3 Å². The molecule has 0 radical (unpaired) electrons. The van der Waals surface area contributed by atoms with E-state index < -0.39 is 6.10 Å². The van der Waals surface area contributed by atoms with E-state index >= 15 is 0 Å². The number of rotatable bonds is 7. The molecule has 0 aliphatic rings. The van der Waals surface area contributed by atoms with Crippen LogP contribution in [0.25, 0.3) is 11.1 Å². The van der Waals surface area contributed by atoms with Gasteiger partial charge in [-0.3, -0.25) is 4.79 Å². The third-order valence-corrected chi connectivity index (χ3v) is 3.32. The summed E-state index contributed by atoms with van der Waals surface area (Å²) in [5.74, 6) is 0.579. The van der Waals surface area contributed by atoms with Crippen LogP contribution in [0.2, 0.25) is 0 Å². The normalized spacial score (nSPS) is 11.5. The van der Waals surface area contributed by atoms with Gasteiger partial charge in [0.05, 0.1) is 0 Å². The Labute approximate surface area is 131 Å². The summed E-state index contributed by atoms with van der Waals surface area (Å²) in [5.41, 5.74) is 2.28. The molecule has 0 fully saturated rings. The van der Waals surface area contributed by atoms with Gasteiger partial charge in [0.25, 0.3) is 5.91 Å². The molecule has 0 aromatic heterocycles. The predicted molar refractivity (Wildman–Crippen MR) is 89.8 cm³/mol. The van der Waals surface area contributed by atoms with Crippen LogP contribution in [0.15, 0.2) is 67.3 Å². The van der Waals surface area contributed by atoms with Gasteiger partial charge in [-0.25, -0.2) is 0 Å². The lowest BCUT2D eigenvalue weighted by Crippen LogP contribution is -2.37. The first-order valence-electron chi connectivity index (χ1n) is 7.45. The molecule has 0 unspecified atom stereocenters. The number of hydrogen-bond acceptors (Lipinski definition) is 2. The van der Waals surface area contributed by atoms with Crippen molar-refractivity contribution < 1.29 is 9.53 Å². The highest BCUT2D eigenvalue weighted by atomic mass is 16.5. The van der Waals surface area contributed by atoms with Crippen molar-refractivity contribution in [1.29, 1.82) is 0 Å². The van der Waals surface area contributed by atoms with E-state index in [0.29, 0.717) is 18.7 Å². The molecule has 2 rings (SSSR count). The fourth-order valence-corrected chi connectivity index (χ4v) is 2.13.